The van der Waals surface area contributed by atoms with Crippen molar-refractivity contribution in [1.82, 2.24) is 9.21 Å². The molecule has 4 rings (SSSR count). The predicted molar refractivity (Wildman–Crippen MR) is 96.6 cm³/mol. The zero-order valence-electron chi connectivity index (χ0n) is 14.0. The van der Waals surface area contributed by atoms with Gasteiger partial charge in [-0.25, -0.2) is 8.42 Å². The van der Waals surface area contributed by atoms with E-state index in [1.807, 2.05) is 12.2 Å². The van der Waals surface area contributed by atoms with Gasteiger partial charge in [-0.15, -0.1) is 0 Å². The number of allylic oxidation sites excluding steroid dienone is 2. The van der Waals surface area contributed by atoms with Crippen molar-refractivity contribution in [2.24, 2.45) is 11.8 Å². The van der Waals surface area contributed by atoms with E-state index in [1.165, 1.54) is 9.21 Å². The Morgan fingerprint density at radius 3 is 2.15 bits per heavy atom. The number of sulfonamides is 1. The molecule has 1 aliphatic carbocycles. The Kier molecular flexibility index (Phi) is 4.41. The van der Waals surface area contributed by atoms with Crippen molar-refractivity contribution in [2.45, 2.75) is 24.6 Å². The van der Waals surface area contributed by atoms with Crippen LogP contribution in [0.15, 0.2) is 36.4 Å². The first-order valence-electron chi connectivity index (χ1n) is 8.61. The number of amides is 2. The Hall–Kier alpha value is -1.70. The van der Waals surface area contributed by atoms with E-state index in [0.29, 0.717) is 23.4 Å². The molecule has 138 valence electrons. The van der Waals surface area contributed by atoms with E-state index in [2.05, 4.69) is 0 Å². The average molecular weight is 395 g/mol. The van der Waals surface area contributed by atoms with Crippen molar-refractivity contribution in [3.63, 3.8) is 0 Å². The number of fused-ring (bicyclic) bond motifs is 1. The maximum absolute atomic E-state index is 12.6. The molecule has 2 heterocycles. The lowest BCUT2D eigenvalue weighted by Gasteiger charge is -2.42. The number of halogens is 1. The minimum Gasteiger partial charge on any atom is -0.276 e. The first-order valence-corrected chi connectivity index (χ1v) is 10.6. The fourth-order valence-electron chi connectivity index (χ4n) is 3.90. The van der Waals surface area contributed by atoms with Crippen LogP contribution in [-0.4, -0.2) is 48.6 Å². The molecule has 0 aromatic heterocycles. The van der Waals surface area contributed by atoms with Crippen molar-refractivity contribution < 1.29 is 18.0 Å². The predicted octanol–water partition coefficient (Wildman–Crippen LogP) is 1.81. The Morgan fingerprint density at radius 1 is 1.00 bits per heavy atom. The van der Waals surface area contributed by atoms with Gasteiger partial charge >= 0.3 is 0 Å². The monoisotopic (exact) mass is 394 g/mol. The fraction of sp³-hybridized carbons (Fsp3) is 0.444. The van der Waals surface area contributed by atoms with Gasteiger partial charge in [-0.1, -0.05) is 42.0 Å². The Morgan fingerprint density at radius 2 is 1.58 bits per heavy atom. The zero-order chi connectivity index (χ0) is 18.5. The minimum atomic E-state index is -3.54. The number of benzene rings is 1. The van der Waals surface area contributed by atoms with Gasteiger partial charge in [0.05, 0.1) is 23.6 Å². The van der Waals surface area contributed by atoms with E-state index in [-0.39, 0.29) is 48.5 Å². The van der Waals surface area contributed by atoms with Gasteiger partial charge < -0.3 is 0 Å². The quantitative estimate of drug-likeness (QED) is 0.576. The summed E-state index contributed by atoms with van der Waals surface area (Å²) in [6.45, 7) is 0.328. The highest BCUT2D eigenvalue weighted by atomic mass is 35.5. The number of carbonyl (C=O) groups excluding carboxylic acids is 2. The van der Waals surface area contributed by atoms with Gasteiger partial charge in [0.1, 0.15) is 0 Å². The van der Waals surface area contributed by atoms with Crippen molar-refractivity contribution >= 4 is 33.4 Å². The summed E-state index contributed by atoms with van der Waals surface area (Å²) < 4.78 is 26.5. The van der Waals surface area contributed by atoms with E-state index in [4.69, 9.17) is 11.6 Å². The number of nitrogens with zero attached hydrogens (tertiary/aromatic N) is 2. The van der Waals surface area contributed by atoms with Crippen molar-refractivity contribution in [3.8, 4) is 0 Å². The highest BCUT2D eigenvalue weighted by Crippen LogP contribution is 2.38. The normalized spacial score (nSPS) is 26.9. The van der Waals surface area contributed by atoms with Crippen molar-refractivity contribution in [2.75, 3.05) is 13.1 Å². The molecular formula is C18H19ClN2O4S. The third kappa shape index (κ3) is 2.88. The molecule has 26 heavy (non-hydrogen) atoms. The van der Waals surface area contributed by atoms with Gasteiger partial charge in [0, 0.05) is 18.1 Å². The summed E-state index contributed by atoms with van der Waals surface area (Å²) >= 11 is 6.05. The molecule has 0 bridgehead atoms. The van der Waals surface area contributed by atoms with Gasteiger partial charge in [0.2, 0.25) is 21.8 Å². The Bertz CT molecular complexity index is 866. The van der Waals surface area contributed by atoms with Crippen LogP contribution in [0.5, 0.6) is 0 Å². The van der Waals surface area contributed by atoms with Gasteiger partial charge in [-0.3, -0.25) is 14.5 Å². The second-order valence-electron chi connectivity index (χ2n) is 7.02. The second kappa shape index (κ2) is 6.48. The molecule has 0 spiro atoms. The Labute approximate surface area is 157 Å². The third-order valence-corrected chi connectivity index (χ3v) is 7.55. The SMILES string of the molecule is O=C1C2CC=CCC2C(=O)N1C1CN(S(=O)(=O)Cc2ccccc2Cl)C1. The summed E-state index contributed by atoms with van der Waals surface area (Å²) in [4.78, 5) is 26.4. The van der Waals surface area contributed by atoms with Gasteiger partial charge in [-0.05, 0) is 24.5 Å². The van der Waals surface area contributed by atoms with E-state index in [9.17, 15) is 18.0 Å². The molecule has 2 saturated heterocycles. The molecule has 2 unspecified atom stereocenters. The zero-order valence-corrected chi connectivity index (χ0v) is 15.6. The van der Waals surface area contributed by atoms with Crippen LogP contribution in [0.1, 0.15) is 18.4 Å². The number of hydrogen-bond acceptors (Lipinski definition) is 4. The summed E-state index contributed by atoms with van der Waals surface area (Å²) in [7, 11) is -3.54. The van der Waals surface area contributed by atoms with Crippen LogP contribution in [0.2, 0.25) is 5.02 Å². The summed E-state index contributed by atoms with van der Waals surface area (Å²) in [6.07, 6.45) is 5.06. The molecule has 3 aliphatic rings. The number of rotatable bonds is 4. The number of imide groups is 1. The van der Waals surface area contributed by atoms with Gasteiger partial charge in [0.15, 0.2) is 0 Å². The molecule has 8 heteroatoms. The van der Waals surface area contributed by atoms with E-state index in [0.717, 1.165) is 0 Å². The van der Waals surface area contributed by atoms with E-state index < -0.39 is 10.0 Å². The second-order valence-corrected chi connectivity index (χ2v) is 9.40. The van der Waals surface area contributed by atoms with Crippen molar-refractivity contribution in [3.05, 3.63) is 47.0 Å². The molecule has 0 N–H and O–H groups in total. The lowest BCUT2D eigenvalue weighted by atomic mass is 9.85. The maximum atomic E-state index is 12.6. The highest BCUT2D eigenvalue weighted by Gasteiger charge is 2.53. The smallest absolute Gasteiger partial charge is 0.233 e. The molecule has 2 amide bonds. The summed E-state index contributed by atoms with van der Waals surface area (Å²) in [6, 6.07) is 6.47. The summed E-state index contributed by atoms with van der Waals surface area (Å²) in [5.74, 6) is -1.05. The fourth-order valence-corrected chi connectivity index (χ4v) is 5.80. The number of likely N-dealkylation sites (tertiary alicyclic amines) is 1. The third-order valence-electron chi connectivity index (χ3n) is 5.42. The number of hydrogen-bond donors (Lipinski definition) is 0. The first-order chi connectivity index (χ1) is 12.4. The number of carbonyl (C=O) groups is 2. The molecule has 2 aliphatic heterocycles. The molecule has 0 radical (unpaired) electrons. The highest BCUT2D eigenvalue weighted by molar-refractivity contribution is 7.88. The Balaban J connectivity index is 1.43. The van der Waals surface area contributed by atoms with Crippen molar-refractivity contribution in [1.29, 1.82) is 0 Å². The van der Waals surface area contributed by atoms with Crippen LogP contribution in [0.4, 0.5) is 0 Å². The molecular weight excluding hydrogens is 376 g/mol. The van der Waals surface area contributed by atoms with Crippen LogP contribution in [0.3, 0.4) is 0 Å². The molecule has 2 atom stereocenters. The van der Waals surface area contributed by atoms with Crippen LogP contribution in [0.25, 0.3) is 0 Å². The van der Waals surface area contributed by atoms with E-state index in [1.54, 1.807) is 24.3 Å². The maximum Gasteiger partial charge on any atom is 0.233 e. The lowest BCUT2D eigenvalue weighted by molar-refractivity contribution is -0.145. The van der Waals surface area contributed by atoms with E-state index >= 15 is 0 Å². The van der Waals surface area contributed by atoms with Crippen LogP contribution >= 0.6 is 11.6 Å². The summed E-state index contributed by atoms with van der Waals surface area (Å²) in [5.41, 5.74) is 0.544. The molecule has 2 fully saturated rings. The van der Waals surface area contributed by atoms with Crippen LogP contribution in [0, 0.1) is 11.8 Å². The molecule has 1 aromatic rings. The first kappa shape index (κ1) is 17.7. The topological polar surface area (TPSA) is 74.8 Å². The van der Waals surface area contributed by atoms with Gasteiger partial charge in [-0.2, -0.15) is 4.31 Å². The van der Waals surface area contributed by atoms with Crippen LogP contribution < -0.4 is 0 Å². The minimum absolute atomic E-state index is 0.155. The molecule has 6 nitrogen and oxygen atoms in total. The standard InChI is InChI=1S/C18H19ClN2O4S/c19-16-8-4-1-5-12(16)11-26(24,25)20-9-13(10-20)21-17(22)14-6-2-3-7-15(14)18(21)23/h1-5,8,13-15H,6-7,9-11H2. The summed E-state index contributed by atoms with van der Waals surface area (Å²) in [5, 5.41) is 0.412. The molecule has 1 aromatic carbocycles. The van der Waals surface area contributed by atoms with Crippen LogP contribution in [-0.2, 0) is 25.4 Å². The lowest BCUT2D eigenvalue weighted by Crippen LogP contribution is -2.62. The van der Waals surface area contributed by atoms with Gasteiger partial charge in [0.25, 0.3) is 0 Å². The average Bonchev–Trinajstić information content (AvgIpc) is 2.81. The largest absolute Gasteiger partial charge is 0.276 e. The molecule has 0 saturated carbocycles.